The van der Waals surface area contributed by atoms with Gasteiger partial charge in [0.1, 0.15) is 17.2 Å². The molecule has 0 atom stereocenters. The molecule has 1 amide bonds. The molecule has 2 rings (SSSR count). The van der Waals surface area contributed by atoms with Crippen LogP contribution in [0.5, 0.6) is 0 Å². The van der Waals surface area contributed by atoms with Crippen LogP contribution in [0.3, 0.4) is 0 Å². The molecule has 2 N–H and O–H groups in total. The van der Waals surface area contributed by atoms with E-state index < -0.39 is 23.1 Å². The number of hydrogen-bond acceptors (Lipinski definition) is 2. The number of hydrogen-bond donors (Lipinski definition) is 2. The maximum Gasteiger partial charge on any atom is 0.257 e. The number of amides is 1. The Morgan fingerprint density at radius 3 is 2.14 bits per heavy atom. The molecule has 3 nitrogen and oxygen atoms in total. The molecule has 0 saturated carbocycles. The Hall–Kier alpha value is -1.79. The van der Waals surface area contributed by atoms with Crippen molar-refractivity contribution in [3.63, 3.8) is 0 Å². The second kappa shape index (κ2) is 6.78. The summed E-state index contributed by atoms with van der Waals surface area (Å²) in [5.41, 5.74) is 0.902. The van der Waals surface area contributed by atoms with Crippen molar-refractivity contribution in [3.05, 3.63) is 69.2 Å². The highest BCUT2D eigenvalue weighted by atomic mass is 79.9. The van der Waals surface area contributed by atoms with E-state index in [4.69, 9.17) is 5.11 Å². The van der Waals surface area contributed by atoms with Gasteiger partial charge in [-0.2, -0.15) is 0 Å². The SMILES string of the molecule is O=C(NCc1ccc(CO)cc1)c1c(F)cc(Br)cc1F. The van der Waals surface area contributed by atoms with Crippen LogP contribution in [0.25, 0.3) is 0 Å². The summed E-state index contributed by atoms with van der Waals surface area (Å²) in [6, 6.07) is 8.94. The molecule has 21 heavy (non-hydrogen) atoms. The predicted molar refractivity (Wildman–Crippen MR) is 77.6 cm³/mol. The Balaban J connectivity index is 2.08. The first-order chi connectivity index (χ1) is 10.0. The van der Waals surface area contributed by atoms with Crippen molar-refractivity contribution in [2.24, 2.45) is 0 Å². The molecule has 0 radical (unpaired) electrons. The zero-order valence-electron chi connectivity index (χ0n) is 10.9. The van der Waals surface area contributed by atoms with Gasteiger partial charge in [0.15, 0.2) is 0 Å². The van der Waals surface area contributed by atoms with Crippen LogP contribution in [0.1, 0.15) is 21.5 Å². The number of aliphatic hydroxyl groups excluding tert-OH is 1. The molecule has 2 aromatic rings. The van der Waals surface area contributed by atoms with Gasteiger partial charge in [0.25, 0.3) is 5.91 Å². The van der Waals surface area contributed by atoms with Crippen LogP contribution in [0.2, 0.25) is 0 Å². The Morgan fingerprint density at radius 2 is 1.62 bits per heavy atom. The lowest BCUT2D eigenvalue weighted by Crippen LogP contribution is -2.25. The number of nitrogens with one attached hydrogen (secondary N) is 1. The van der Waals surface area contributed by atoms with Crippen molar-refractivity contribution in [2.75, 3.05) is 0 Å². The van der Waals surface area contributed by atoms with E-state index in [0.29, 0.717) is 0 Å². The largest absolute Gasteiger partial charge is 0.392 e. The lowest BCUT2D eigenvalue weighted by Gasteiger charge is -2.08. The van der Waals surface area contributed by atoms with Crippen molar-refractivity contribution in [1.29, 1.82) is 0 Å². The smallest absolute Gasteiger partial charge is 0.257 e. The first kappa shape index (κ1) is 15.6. The highest BCUT2D eigenvalue weighted by Gasteiger charge is 2.18. The van der Waals surface area contributed by atoms with E-state index in [1.165, 1.54) is 0 Å². The lowest BCUT2D eigenvalue weighted by molar-refractivity contribution is 0.0942. The van der Waals surface area contributed by atoms with Gasteiger partial charge >= 0.3 is 0 Å². The van der Waals surface area contributed by atoms with Crippen LogP contribution in [-0.4, -0.2) is 11.0 Å². The molecule has 0 fully saturated rings. The van der Waals surface area contributed by atoms with Crippen LogP contribution in [-0.2, 0) is 13.2 Å². The monoisotopic (exact) mass is 355 g/mol. The van der Waals surface area contributed by atoms with Crippen molar-refractivity contribution in [2.45, 2.75) is 13.2 Å². The minimum Gasteiger partial charge on any atom is -0.392 e. The summed E-state index contributed by atoms with van der Waals surface area (Å²) >= 11 is 2.95. The van der Waals surface area contributed by atoms with E-state index >= 15 is 0 Å². The van der Waals surface area contributed by atoms with Crippen LogP contribution in [0.15, 0.2) is 40.9 Å². The van der Waals surface area contributed by atoms with Crippen LogP contribution in [0, 0.1) is 11.6 Å². The molecular formula is C15H12BrF2NO2. The van der Waals surface area contributed by atoms with E-state index in [-0.39, 0.29) is 17.6 Å². The van der Waals surface area contributed by atoms with Gasteiger partial charge in [0, 0.05) is 11.0 Å². The number of rotatable bonds is 4. The molecule has 0 bridgehead atoms. The molecule has 0 aromatic heterocycles. The van der Waals surface area contributed by atoms with Gasteiger partial charge in [-0.15, -0.1) is 0 Å². The molecule has 0 aliphatic rings. The average molecular weight is 356 g/mol. The van der Waals surface area contributed by atoms with Crippen LogP contribution < -0.4 is 5.32 Å². The van der Waals surface area contributed by atoms with E-state index in [1.807, 2.05) is 0 Å². The van der Waals surface area contributed by atoms with Crippen molar-refractivity contribution in [3.8, 4) is 0 Å². The maximum atomic E-state index is 13.6. The average Bonchev–Trinajstić information content (AvgIpc) is 2.44. The maximum absolute atomic E-state index is 13.6. The van der Waals surface area contributed by atoms with Crippen molar-refractivity contribution >= 4 is 21.8 Å². The molecule has 0 unspecified atom stereocenters. The van der Waals surface area contributed by atoms with E-state index in [2.05, 4.69) is 21.2 Å². The van der Waals surface area contributed by atoms with Crippen LogP contribution in [0.4, 0.5) is 8.78 Å². The van der Waals surface area contributed by atoms with Gasteiger partial charge in [-0.1, -0.05) is 40.2 Å². The second-order valence-electron chi connectivity index (χ2n) is 4.40. The van der Waals surface area contributed by atoms with Gasteiger partial charge in [0.2, 0.25) is 0 Å². The summed E-state index contributed by atoms with van der Waals surface area (Å²) in [6.07, 6.45) is 0. The summed E-state index contributed by atoms with van der Waals surface area (Å²) in [4.78, 5) is 11.8. The molecule has 6 heteroatoms. The molecule has 0 spiro atoms. The van der Waals surface area contributed by atoms with E-state index in [9.17, 15) is 13.6 Å². The second-order valence-corrected chi connectivity index (χ2v) is 5.32. The highest BCUT2D eigenvalue weighted by Crippen LogP contribution is 2.19. The summed E-state index contributed by atoms with van der Waals surface area (Å²) in [5, 5.41) is 11.4. The fourth-order valence-corrected chi connectivity index (χ4v) is 2.19. The Labute approximate surface area is 128 Å². The minimum absolute atomic E-state index is 0.0675. The van der Waals surface area contributed by atoms with E-state index in [1.54, 1.807) is 24.3 Å². The van der Waals surface area contributed by atoms with Crippen molar-refractivity contribution < 1.29 is 18.7 Å². The molecule has 0 aliphatic heterocycles. The number of carbonyl (C=O) groups excluding carboxylic acids is 1. The number of aliphatic hydroxyl groups is 1. The highest BCUT2D eigenvalue weighted by molar-refractivity contribution is 9.10. The van der Waals surface area contributed by atoms with Gasteiger partial charge in [0.05, 0.1) is 6.61 Å². The Bertz CT molecular complexity index is 636. The Morgan fingerprint density at radius 1 is 1.10 bits per heavy atom. The summed E-state index contributed by atoms with van der Waals surface area (Å²) in [7, 11) is 0. The molecule has 110 valence electrons. The minimum atomic E-state index is -0.921. The standard InChI is InChI=1S/C15H12BrF2NO2/c16-11-5-12(17)14(13(18)6-11)15(21)19-7-9-1-3-10(8-20)4-2-9/h1-6,20H,7-8H2,(H,19,21). The van der Waals surface area contributed by atoms with Gasteiger partial charge < -0.3 is 10.4 Å². The number of carbonyl (C=O) groups is 1. The molecule has 0 saturated heterocycles. The normalized spacial score (nSPS) is 10.5. The molecule has 2 aromatic carbocycles. The van der Waals surface area contributed by atoms with Gasteiger partial charge in [-0.05, 0) is 23.3 Å². The van der Waals surface area contributed by atoms with E-state index in [0.717, 1.165) is 23.3 Å². The third-order valence-electron chi connectivity index (χ3n) is 2.89. The van der Waals surface area contributed by atoms with Crippen LogP contribution >= 0.6 is 15.9 Å². The lowest BCUT2D eigenvalue weighted by atomic mass is 10.1. The topological polar surface area (TPSA) is 49.3 Å². The predicted octanol–water partition coefficient (Wildman–Crippen LogP) is 3.15. The summed E-state index contributed by atoms with van der Waals surface area (Å²) in [5.74, 6) is -2.66. The molecular weight excluding hydrogens is 344 g/mol. The van der Waals surface area contributed by atoms with Gasteiger partial charge in [-0.3, -0.25) is 4.79 Å². The van der Waals surface area contributed by atoms with Gasteiger partial charge in [-0.25, -0.2) is 8.78 Å². The number of benzene rings is 2. The van der Waals surface area contributed by atoms with Crippen molar-refractivity contribution in [1.82, 2.24) is 5.32 Å². The first-order valence-corrected chi connectivity index (χ1v) is 6.92. The summed E-state index contributed by atoms with van der Waals surface area (Å²) < 4.78 is 27.5. The molecule has 0 aliphatic carbocycles. The zero-order chi connectivity index (χ0) is 15.4. The molecule has 0 heterocycles. The fraction of sp³-hybridized carbons (Fsp3) is 0.133. The zero-order valence-corrected chi connectivity index (χ0v) is 12.5. The summed E-state index contributed by atoms with van der Waals surface area (Å²) in [6.45, 7) is 0.0709. The third kappa shape index (κ3) is 3.86. The third-order valence-corrected chi connectivity index (χ3v) is 3.35. The Kier molecular flexibility index (Phi) is 5.03. The quantitative estimate of drug-likeness (QED) is 0.884. The first-order valence-electron chi connectivity index (χ1n) is 6.12. The fourth-order valence-electron chi connectivity index (χ4n) is 1.79. The number of halogens is 3.